The Labute approximate surface area is 120 Å². The normalized spacial score (nSPS) is 24.6. The van der Waals surface area contributed by atoms with Crippen molar-refractivity contribution in [2.45, 2.75) is 25.0 Å². The van der Waals surface area contributed by atoms with Gasteiger partial charge in [0.1, 0.15) is 0 Å². The van der Waals surface area contributed by atoms with Crippen LogP contribution >= 0.6 is 0 Å². The molecule has 1 aliphatic rings. The quantitative estimate of drug-likeness (QED) is 0.872. The molecular weight excluding hydrogens is 246 g/mol. The third-order valence-electron chi connectivity index (χ3n) is 4.09. The number of hydrogen-bond acceptors (Lipinski definition) is 2. The highest BCUT2D eigenvalue weighted by Crippen LogP contribution is 2.43. The van der Waals surface area contributed by atoms with Crippen LogP contribution in [0.25, 0.3) is 0 Å². The van der Waals surface area contributed by atoms with Crippen molar-refractivity contribution in [1.82, 2.24) is 0 Å². The molecule has 0 heterocycles. The molecule has 1 saturated carbocycles. The van der Waals surface area contributed by atoms with Gasteiger partial charge in [0.25, 0.3) is 0 Å². The minimum atomic E-state index is -0.120. The Morgan fingerprint density at radius 2 is 1.55 bits per heavy atom. The summed E-state index contributed by atoms with van der Waals surface area (Å²) in [5.41, 5.74) is 8.83. The highest BCUT2D eigenvalue weighted by atomic mass is 16.5. The third-order valence-corrected chi connectivity index (χ3v) is 4.09. The molecule has 1 fully saturated rings. The molecule has 0 spiro atoms. The van der Waals surface area contributed by atoms with Crippen molar-refractivity contribution >= 4 is 0 Å². The fraction of sp³-hybridized carbons (Fsp3) is 0.333. The minimum Gasteiger partial charge on any atom is -0.375 e. The van der Waals surface area contributed by atoms with Crippen LogP contribution in [0.5, 0.6) is 0 Å². The molecule has 3 rings (SSSR count). The molecule has 0 unspecified atom stereocenters. The second-order valence-electron chi connectivity index (χ2n) is 5.80. The van der Waals surface area contributed by atoms with Crippen molar-refractivity contribution < 1.29 is 4.74 Å². The highest BCUT2D eigenvalue weighted by Gasteiger charge is 2.50. The van der Waals surface area contributed by atoms with Crippen molar-refractivity contribution in [1.29, 1.82) is 0 Å². The summed E-state index contributed by atoms with van der Waals surface area (Å²) >= 11 is 0. The fourth-order valence-electron chi connectivity index (χ4n) is 2.68. The van der Waals surface area contributed by atoms with E-state index in [1.54, 1.807) is 0 Å². The molecule has 104 valence electrons. The van der Waals surface area contributed by atoms with Gasteiger partial charge in [-0.1, -0.05) is 60.7 Å². The van der Waals surface area contributed by atoms with Crippen LogP contribution < -0.4 is 5.73 Å². The van der Waals surface area contributed by atoms with E-state index in [4.69, 9.17) is 10.5 Å². The second-order valence-corrected chi connectivity index (χ2v) is 5.80. The molecule has 0 bridgehead atoms. The van der Waals surface area contributed by atoms with Crippen molar-refractivity contribution in [3.05, 3.63) is 71.8 Å². The molecule has 2 nitrogen and oxygen atoms in total. The summed E-state index contributed by atoms with van der Waals surface area (Å²) < 4.78 is 5.79. The van der Waals surface area contributed by atoms with Crippen LogP contribution in [0.3, 0.4) is 0 Å². The summed E-state index contributed by atoms with van der Waals surface area (Å²) in [5.74, 6) is 0.556. The Morgan fingerprint density at radius 1 is 0.950 bits per heavy atom. The molecule has 2 aromatic carbocycles. The number of nitrogens with two attached hydrogens (primary N) is 1. The van der Waals surface area contributed by atoms with E-state index < -0.39 is 0 Å². The summed E-state index contributed by atoms with van der Waals surface area (Å²) in [6.45, 7) is 1.30. The summed E-state index contributed by atoms with van der Waals surface area (Å²) in [7, 11) is 0. The zero-order valence-electron chi connectivity index (χ0n) is 11.7. The van der Waals surface area contributed by atoms with Crippen LogP contribution in [0.1, 0.15) is 17.5 Å². The van der Waals surface area contributed by atoms with Crippen LogP contribution in [-0.4, -0.2) is 12.1 Å². The zero-order chi connectivity index (χ0) is 13.8. The van der Waals surface area contributed by atoms with Gasteiger partial charge in [0.05, 0.1) is 13.2 Å². The van der Waals surface area contributed by atoms with Crippen LogP contribution in [0.4, 0.5) is 0 Å². The van der Waals surface area contributed by atoms with Crippen molar-refractivity contribution in [3.8, 4) is 0 Å². The van der Waals surface area contributed by atoms with E-state index in [1.807, 2.05) is 18.2 Å². The molecule has 2 N–H and O–H groups in total. The monoisotopic (exact) mass is 267 g/mol. The first-order valence-electron chi connectivity index (χ1n) is 7.21. The maximum absolute atomic E-state index is 6.38. The molecule has 2 aromatic rings. The lowest BCUT2D eigenvalue weighted by Gasteiger charge is -2.12. The molecule has 0 aromatic heterocycles. The van der Waals surface area contributed by atoms with E-state index in [-0.39, 0.29) is 5.54 Å². The lowest BCUT2D eigenvalue weighted by molar-refractivity contribution is 0.0980. The molecule has 0 amide bonds. The van der Waals surface area contributed by atoms with E-state index in [0.29, 0.717) is 19.1 Å². The Kier molecular flexibility index (Phi) is 3.86. The first-order chi connectivity index (χ1) is 9.76. The summed E-state index contributed by atoms with van der Waals surface area (Å²) in [5, 5.41) is 0. The van der Waals surface area contributed by atoms with Crippen molar-refractivity contribution in [3.63, 3.8) is 0 Å². The summed E-state index contributed by atoms with van der Waals surface area (Å²) in [4.78, 5) is 0. The predicted molar refractivity (Wildman–Crippen MR) is 81.3 cm³/mol. The van der Waals surface area contributed by atoms with Gasteiger partial charge in [0.2, 0.25) is 0 Å². The number of benzene rings is 2. The van der Waals surface area contributed by atoms with Gasteiger partial charge in [0.15, 0.2) is 0 Å². The summed E-state index contributed by atoms with van der Waals surface area (Å²) in [6, 6.07) is 20.8. The lowest BCUT2D eigenvalue weighted by atomic mass is 10.1. The first kappa shape index (κ1) is 13.3. The van der Waals surface area contributed by atoms with Gasteiger partial charge in [-0.2, -0.15) is 0 Å². The second kappa shape index (κ2) is 5.78. The summed E-state index contributed by atoms with van der Waals surface area (Å²) in [6.07, 6.45) is 2.13. The van der Waals surface area contributed by atoms with Gasteiger partial charge in [-0.05, 0) is 29.9 Å². The van der Waals surface area contributed by atoms with Crippen molar-refractivity contribution in [2.75, 3.05) is 6.61 Å². The Bertz CT molecular complexity index is 540. The standard InChI is InChI=1S/C18H21NO/c19-18(14-20-13-16-9-5-2-6-10-16)12-17(18)11-15-7-3-1-4-8-15/h1-10,17H,11-14,19H2/t17-,18+/m1/s1. The zero-order valence-corrected chi connectivity index (χ0v) is 11.7. The Balaban J connectivity index is 1.45. The van der Waals surface area contributed by atoms with Gasteiger partial charge in [-0.3, -0.25) is 0 Å². The third kappa shape index (κ3) is 3.27. The van der Waals surface area contributed by atoms with Gasteiger partial charge in [-0.25, -0.2) is 0 Å². The molecular formula is C18H21NO. The van der Waals surface area contributed by atoms with E-state index >= 15 is 0 Å². The van der Waals surface area contributed by atoms with Crippen LogP contribution in [0.2, 0.25) is 0 Å². The Morgan fingerprint density at radius 3 is 2.20 bits per heavy atom. The molecule has 20 heavy (non-hydrogen) atoms. The number of hydrogen-bond donors (Lipinski definition) is 1. The minimum absolute atomic E-state index is 0.120. The van der Waals surface area contributed by atoms with Crippen LogP contribution in [0.15, 0.2) is 60.7 Å². The molecule has 0 radical (unpaired) electrons. The smallest absolute Gasteiger partial charge is 0.0717 e. The van der Waals surface area contributed by atoms with Crippen LogP contribution in [0, 0.1) is 5.92 Å². The Hall–Kier alpha value is -1.64. The van der Waals surface area contributed by atoms with Gasteiger partial charge in [-0.15, -0.1) is 0 Å². The molecule has 1 aliphatic carbocycles. The van der Waals surface area contributed by atoms with Gasteiger partial charge in [0, 0.05) is 5.54 Å². The average Bonchev–Trinajstić information content (AvgIpc) is 3.11. The maximum atomic E-state index is 6.38. The number of rotatable bonds is 6. The van der Waals surface area contributed by atoms with E-state index in [9.17, 15) is 0 Å². The lowest BCUT2D eigenvalue weighted by Crippen LogP contribution is -2.31. The van der Waals surface area contributed by atoms with Gasteiger partial charge >= 0.3 is 0 Å². The highest BCUT2D eigenvalue weighted by molar-refractivity contribution is 5.20. The maximum Gasteiger partial charge on any atom is 0.0717 e. The largest absolute Gasteiger partial charge is 0.375 e. The topological polar surface area (TPSA) is 35.2 Å². The molecule has 0 aliphatic heterocycles. The molecule has 2 atom stereocenters. The average molecular weight is 267 g/mol. The van der Waals surface area contributed by atoms with Gasteiger partial charge < -0.3 is 10.5 Å². The SMILES string of the molecule is N[C@]1(COCc2ccccc2)C[C@H]1Cc1ccccc1. The van der Waals surface area contributed by atoms with Crippen molar-refractivity contribution in [2.24, 2.45) is 11.7 Å². The van der Waals surface area contributed by atoms with E-state index in [2.05, 4.69) is 42.5 Å². The number of ether oxygens (including phenoxy) is 1. The van der Waals surface area contributed by atoms with E-state index in [0.717, 1.165) is 12.8 Å². The van der Waals surface area contributed by atoms with Crippen LogP contribution in [-0.2, 0) is 17.8 Å². The molecule has 0 saturated heterocycles. The van der Waals surface area contributed by atoms with E-state index in [1.165, 1.54) is 11.1 Å². The first-order valence-corrected chi connectivity index (χ1v) is 7.21. The fourth-order valence-corrected chi connectivity index (χ4v) is 2.68. The molecule has 2 heteroatoms. The predicted octanol–water partition coefficient (Wildman–Crippen LogP) is 3.16.